The van der Waals surface area contributed by atoms with Crippen molar-refractivity contribution in [1.82, 2.24) is 4.90 Å². The standard InChI is InChI=1S/C17H19N3O4S/c1-20(14-6-9-25(23,24)11-14)16(22)17(7-8-17)15(21)19-13-4-2-12(10-18)3-5-13/h2-5,14H,6-9,11H2,1H3,(H,19,21). The van der Waals surface area contributed by atoms with Gasteiger partial charge in [0.2, 0.25) is 11.8 Å². The number of nitrogens with one attached hydrogen (secondary N) is 1. The molecule has 2 amide bonds. The smallest absolute Gasteiger partial charge is 0.240 e. The van der Waals surface area contributed by atoms with Gasteiger partial charge in [0, 0.05) is 18.8 Å². The number of hydrogen-bond donors (Lipinski definition) is 1. The number of rotatable bonds is 4. The maximum Gasteiger partial charge on any atom is 0.240 e. The van der Waals surface area contributed by atoms with Gasteiger partial charge in [0.25, 0.3) is 0 Å². The minimum Gasteiger partial charge on any atom is -0.341 e. The van der Waals surface area contributed by atoms with Gasteiger partial charge < -0.3 is 10.2 Å². The highest BCUT2D eigenvalue weighted by atomic mass is 32.2. The molecule has 1 saturated carbocycles. The first-order valence-electron chi connectivity index (χ1n) is 8.07. The molecule has 8 heteroatoms. The lowest BCUT2D eigenvalue weighted by molar-refractivity contribution is -0.142. The topological polar surface area (TPSA) is 107 Å². The summed E-state index contributed by atoms with van der Waals surface area (Å²) in [4.78, 5) is 26.8. The summed E-state index contributed by atoms with van der Waals surface area (Å²) in [7, 11) is -1.52. The van der Waals surface area contributed by atoms with Gasteiger partial charge in [-0.3, -0.25) is 9.59 Å². The number of benzene rings is 1. The van der Waals surface area contributed by atoms with Crippen LogP contribution in [0.15, 0.2) is 24.3 Å². The quantitative estimate of drug-likeness (QED) is 0.803. The fraction of sp³-hybridized carbons (Fsp3) is 0.471. The summed E-state index contributed by atoms with van der Waals surface area (Å²) in [6, 6.07) is 8.05. The third kappa shape index (κ3) is 3.37. The molecule has 1 unspecified atom stereocenters. The van der Waals surface area contributed by atoms with Crippen molar-refractivity contribution in [2.75, 3.05) is 23.9 Å². The third-order valence-electron chi connectivity index (χ3n) is 4.94. The summed E-state index contributed by atoms with van der Waals surface area (Å²) < 4.78 is 23.2. The summed E-state index contributed by atoms with van der Waals surface area (Å²) in [5.74, 6) is -0.655. The summed E-state index contributed by atoms with van der Waals surface area (Å²) in [5.41, 5.74) is -0.0961. The van der Waals surface area contributed by atoms with Crippen molar-refractivity contribution in [3.8, 4) is 6.07 Å². The van der Waals surface area contributed by atoms with Gasteiger partial charge in [0.05, 0.1) is 23.1 Å². The maximum atomic E-state index is 12.8. The number of carbonyl (C=O) groups is 2. The van der Waals surface area contributed by atoms with E-state index in [0.29, 0.717) is 30.5 Å². The lowest BCUT2D eigenvalue weighted by Gasteiger charge is -2.27. The Morgan fingerprint density at radius 3 is 2.40 bits per heavy atom. The Kier molecular flexibility index (Phi) is 4.29. The van der Waals surface area contributed by atoms with Crippen molar-refractivity contribution in [2.45, 2.75) is 25.3 Å². The number of nitrogens with zero attached hydrogens (tertiary/aromatic N) is 2. The van der Waals surface area contributed by atoms with Crippen LogP contribution in [0.25, 0.3) is 0 Å². The highest BCUT2D eigenvalue weighted by molar-refractivity contribution is 7.91. The Hall–Kier alpha value is -2.40. The molecule has 132 valence electrons. The SMILES string of the molecule is CN(C(=O)C1(C(=O)Nc2ccc(C#N)cc2)CC1)C1CCS(=O)(=O)C1. The van der Waals surface area contributed by atoms with Crippen molar-refractivity contribution in [2.24, 2.45) is 5.41 Å². The second-order valence-electron chi connectivity index (χ2n) is 6.70. The summed E-state index contributed by atoms with van der Waals surface area (Å²) in [6.45, 7) is 0. The molecule has 0 bridgehead atoms. The van der Waals surface area contributed by atoms with Crippen molar-refractivity contribution in [1.29, 1.82) is 5.26 Å². The number of amides is 2. The molecule has 1 N–H and O–H groups in total. The number of sulfone groups is 1. The van der Waals surface area contributed by atoms with Crippen LogP contribution < -0.4 is 5.32 Å². The molecule has 1 heterocycles. The van der Waals surface area contributed by atoms with E-state index in [0.717, 1.165) is 0 Å². The highest BCUT2D eigenvalue weighted by Gasteiger charge is 2.58. The number of carbonyl (C=O) groups excluding carboxylic acids is 2. The fourth-order valence-corrected chi connectivity index (χ4v) is 4.90. The average Bonchev–Trinajstić information content (AvgIpc) is 3.32. The molecular formula is C17H19N3O4S. The van der Waals surface area contributed by atoms with Crippen molar-refractivity contribution < 1.29 is 18.0 Å². The molecule has 0 radical (unpaired) electrons. The second kappa shape index (κ2) is 6.15. The molecule has 1 aromatic rings. The molecule has 7 nitrogen and oxygen atoms in total. The molecule has 0 aromatic heterocycles. The fourth-order valence-electron chi connectivity index (χ4n) is 3.13. The second-order valence-corrected chi connectivity index (χ2v) is 8.93. The van der Waals surface area contributed by atoms with Crippen molar-refractivity contribution >= 4 is 27.3 Å². The van der Waals surface area contributed by atoms with Crippen LogP contribution in [0.4, 0.5) is 5.69 Å². The summed E-state index contributed by atoms with van der Waals surface area (Å²) >= 11 is 0. The van der Waals surface area contributed by atoms with Gasteiger partial charge in [0.1, 0.15) is 5.41 Å². The Bertz CT molecular complexity index is 851. The number of hydrogen-bond acceptors (Lipinski definition) is 5. The first-order chi connectivity index (χ1) is 11.8. The van der Waals surface area contributed by atoms with E-state index in [1.807, 2.05) is 6.07 Å². The van der Waals surface area contributed by atoms with Crippen LogP contribution in [0, 0.1) is 16.7 Å². The Labute approximate surface area is 146 Å². The largest absolute Gasteiger partial charge is 0.341 e. The van der Waals surface area contributed by atoms with Crippen LogP contribution in [-0.4, -0.2) is 49.7 Å². The van der Waals surface area contributed by atoms with Gasteiger partial charge >= 0.3 is 0 Å². The first kappa shape index (κ1) is 17.4. The van der Waals surface area contributed by atoms with E-state index in [-0.39, 0.29) is 29.4 Å². The highest BCUT2D eigenvalue weighted by Crippen LogP contribution is 2.48. The Morgan fingerprint density at radius 2 is 1.92 bits per heavy atom. The monoisotopic (exact) mass is 361 g/mol. The zero-order chi connectivity index (χ0) is 18.2. The third-order valence-corrected chi connectivity index (χ3v) is 6.69. The van der Waals surface area contributed by atoms with Crippen LogP contribution in [0.3, 0.4) is 0 Å². The van der Waals surface area contributed by atoms with E-state index in [4.69, 9.17) is 5.26 Å². The van der Waals surface area contributed by atoms with Gasteiger partial charge in [0.15, 0.2) is 9.84 Å². The Balaban J connectivity index is 1.69. The van der Waals surface area contributed by atoms with Crippen molar-refractivity contribution in [3.05, 3.63) is 29.8 Å². The normalized spacial score (nSPS) is 22.6. The molecule has 3 rings (SSSR count). The van der Waals surface area contributed by atoms with Gasteiger partial charge in [-0.05, 0) is 43.5 Å². The van der Waals surface area contributed by atoms with E-state index in [1.165, 1.54) is 4.90 Å². The molecule has 25 heavy (non-hydrogen) atoms. The van der Waals surface area contributed by atoms with Crippen LogP contribution in [0.1, 0.15) is 24.8 Å². The van der Waals surface area contributed by atoms with Crippen LogP contribution >= 0.6 is 0 Å². The number of nitriles is 1. The lowest BCUT2D eigenvalue weighted by atomic mass is 10.0. The Morgan fingerprint density at radius 1 is 1.28 bits per heavy atom. The van der Waals surface area contributed by atoms with Gasteiger partial charge in [-0.2, -0.15) is 5.26 Å². The van der Waals surface area contributed by atoms with E-state index >= 15 is 0 Å². The molecule has 1 aliphatic carbocycles. The molecular weight excluding hydrogens is 342 g/mol. The maximum absolute atomic E-state index is 12.8. The lowest BCUT2D eigenvalue weighted by Crippen LogP contribution is -2.46. The van der Waals surface area contributed by atoms with E-state index in [2.05, 4.69) is 5.32 Å². The summed E-state index contributed by atoms with van der Waals surface area (Å²) in [6.07, 6.45) is 1.33. The summed E-state index contributed by atoms with van der Waals surface area (Å²) in [5, 5.41) is 11.5. The molecule has 1 aliphatic heterocycles. The predicted molar refractivity (Wildman–Crippen MR) is 91.3 cm³/mol. The molecule has 1 saturated heterocycles. The van der Waals surface area contributed by atoms with Crippen LogP contribution in [0.5, 0.6) is 0 Å². The molecule has 1 atom stereocenters. The molecule has 1 aromatic carbocycles. The van der Waals surface area contributed by atoms with E-state index < -0.39 is 15.3 Å². The number of anilines is 1. The van der Waals surface area contributed by atoms with Crippen LogP contribution in [0.2, 0.25) is 0 Å². The average molecular weight is 361 g/mol. The van der Waals surface area contributed by atoms with Crippen molar-refractivity contribution in [3.63, 3.8) is 0 Å². The minimum atomic E-state index is -3.10. The minimum absolute atomic E-state index is 0.0391. The zero-order valence-corrected chi connectivity index (χ0v) is 14.7. The molecule has 2 fully saturated rings. The predicted octanol–water partition coefficient (Wildman–Crippen LogP) is 0.922. The van der Waals surface area contributed by atoms with E-state index in [9.17, 15) is 18.0 Å². The molecule has 2 aliphatic rings. The zero-order valence-electron chi connectivity index (χ0n) is 13.9. The van der Waals surface area contributed by atoms with Crippen LogP contribution in [-0.2, 0) is 19.4 Å². The van der Waals surface area contributed by atoms with Gasteiger partial charge in [-0.1, -0.05) is 0 Å². The first-order valence-corrected chi connectivity index (χ1v) is 9.89. The van der Waals surface area contributed by atoms with Gasteiger partial charge in [-0.25, -0.2) is 8.42 Å². The van der Waals surface area contributed by atoms with E-state index in [1.54, 1.807) is 31.3 Å². The molecule has 0 spiro atoms. The van der Waals surface area contributed by atoms with Gasteiger partial charge in [-0.15, -0.1) is 0 Å².